The number of carbonyl (C=O) groups excluding carboxylic acids is 1. The van der Waals surface area contributed by atoms with Gasteiger partial charge in [0.2, 0.25) is 15.9 Å². The number of methoxy groups -OCH3 is 2. The van der Waals surface area contributed by atoms with E-state index < -0.39 is 10.0 Å². The van der Waals surface area contributed by atoms with Gasteiger partial charge in [-0.1, -0.05) is 30.7 Å². The van der Waals surface area contributed by atoms with Crippen molar-refractivity contribution in [1.82, 2.24) is 5.32 Å². The van der Waals surface area contributed by atoms with E-state index in [-0.39, 0.29) is 17.8 Å². The van der Waals surface area contributed by atoms with Gasteiger partial charge in [-0.05, 0) is 42.5 Å². The van der Waals surface area contributed by atoms with E-state index in [1.54, 1.807) is 20.3 Å². The van der Waals surface area contributed by atoms with Crippen LogP contribution in [-0.4, -0.2) is 41.7 Å². The molecule has 1 amide bonds. The number of benzene rings is 2. The van der Waals surface area contributed by atoms with Crippen molar-refractivity contribution in [1.29, 1.82) is 0 Å². The number of sulfonamides is 1. The predicted octanol–water partition coefficient (Wildman–Crippen LogP) is 3.30. The van der Waals surface area contributed by atoms with E-state index in [1.165, 1.54) is 0 Å². The highest BCUT2D eigenvalue weighted by molar-refractivity contribution is 7.88. The monoisotopic (exact) mass is 476 g/mol. The number of hydrogen-bond donors (Lipinski definition) is 2. The normalized spacial score (nSPS) is 14.7. The molecule has 0 aliphatic carbocycles. The van der Waals surface area contributed by atoms with Crippen LogP contribution in [0.25, 0.3) is 11.1 Å². The van der Waals surface area contributed by atoms with Gasteiger partial charge in [0.25, 0.3) is 0 Å². The van der Waals surface area contributed by atoms with Crippen LogP contribution in [0.4, 0.5) is 0 Å². The maximum Gasteiger partial charge on any atom is 0.220 e. The van der Waals surface area contributed by atoms with Crippen molar-refractivity contribution in [3.05, 3.63) is 47.5 Å². The summed E-state index contributed by atoms with van der Waals surface area (Å²) in [5.74, 6) is 1.23. The number of amides is 1. The van der Waals surface area contributed by atoms with Crippen LogP contribution in [0.2, 0.25) is 0 Å². The maximum absolute atomic E-state index is 11.8. The molecule has 3 N–H and O–H groups in total. The van der Waals surface area contributed by atoms with E-state index >= 15 is 0 Å². The highest BCUT2D eigenvalue weighted by Gasteiger charge is 2.28. The zero-order chi connectivity index (χ0) is 23.8. The van der Waals surface area contributed by atoms with Gasteiger partial charge in [0.05, 0.1) is 25.0 Å². The summed E-state index contributed by atoms with van der Waals surface area (Å²) in [7, 11) is -0.432. The molecule has 1 aliphatic rings. The molecule has 1 heterocycles. The number of nitrogens with one attached hydrogen (secondary N) is 1. The van der Waals surface area contributed by atoms with Crippen LogP contribution < -0.4 is 19.9 Å². The summed E-state index contributed by atoms with van der Waals surface area (Å²) in [4.78, 5) is 11.8. The number of primary sulfonamides is 1. The van der Waals surface area contributed by atoms with E-state index in [0.717, 1.165) is 48.1 Å². The topological polar surface area (TPSA) is 117 Å². The lowest BCUT2D eigenvalue weighted by Gasteiger charge is -2.30. The Morgan fingerprint density at radius 1 is 1.15 bits per heavy atom. The highest BCUT2D eigenvalue weighted by atomic mass is 32.2. The summed E-state index contributed by atoms with van der Waals surface area (Å²) in [6, 6.07) is 11.2. The van der Waals surface area contributed by atoms with Gasteiger partial charge < -0.3 is 19.5 Å². The Hall–Kier alpha value is -2.62. The van der Waals surface area contributed by atoms with Gasteiger partial charge in [-0.3, -0.25) is 4.79 Å². The van der Waals surface area contributed by atoms with Crippen molar-refractivity contribution < 1.29 is 27.4 Å². The Morgan fingerprint density at radius 2 is 1.97 bits per heavy atom. The first kappa shape index (κ1) is 25.0. The number of fused-ring (bicyclic) bond motifs is 3. The lowest BCUT2D eigenvalue weighted by Crippen LogP contribution is -2.26. The number of hydrogen-bond acceptors (Lipinski definition) is 6. The minimum Gasteiger partial charge on any atom is -0.496 e. The highest BCUT2D eigenvalue weighted by Crippen LogP contribution is 2.48. The fourth-order valence-electron chi connectivity index (χ4n) is 4.08. The lowest BCUT2D eigenvalue weighted by molar-refractivity contribution is -0.121. The largest absolute Gasteiger partial charge is 0.496 e. The Balaban J connectivity index is 1.71. The van der Waals surface area contributed by atoms with Gasteiger partial charge in [0.15, 0.2) is 0 Å². The summed E-state index contributed by atoms with van der Waals surface area (Å²) in [6.07, 6.45) is 3.53. The average Bonchev–Trinajstić information content (AvgIpc) is 2.77. The van der Waals surface area contributed by atoms with Gasteiger partial charge >= 0.3 is 0 Å². The van der Waals surface area contributed by atoms with Crippen molar-refractivity contribution in [3.8, 4) is 22.6 Å². The summed E-state index contributed by atoms with van der Waals surface area (Å²) in [6.45, 7) is 1.02. The van der Waals surface area contributed by atoms with Crippen LogP contribution in [0.5, 0.6) is 11.5 Å². The van der Waals surface area contributed by atoms with E-state index in [0.29, 0.717) is 30.9 Å². The maximum atomic E-state index is 11.8. The third-order valence-corrected chi connectivity index (χ3v) is 6.31. The van der Waals surface area contributed by atoms with E-state index in [9.17, 15) is 13.2 Å². The molecular weight excluding hydrogens is 444 g/mol. The van der Waals surface area contributed by atoms with Crippen LogP contribution in [0.15, 0.2) is 36.4 Å². The molecule has 8 nitrogen and oxygen atoms in total. The first-order valence-corrected chi connectivity index (χ1v) is 12.8. The van der Waals surface area contributed by atoms with Crippen molar-refractivity contribution >= 4 is 15.9 Å². The molecule has 0 saturated heterocycles. The van der Waals surface area contributed by atoms with Crippen molar-refractivity contribution in [2.75, 3.05) is 27.4 Å². The van der Waals surface area contributed by atoms with Crippen molar-refractivity contribution in [2.24, 2.45) is 5.14 Å². The zero-order valence-electron chi connectivity index (χ0n) is 19.1. The summed E-state index contributed by atoms with van der Waals surface area (Å²) >= 11 is 0. The number of rotatable bonds is 12. The molecule has 33 heavy (non-hydrogen) atoms. The molecular formula is C24H32N2O6S. The fourth-order valence-corrected chi connectivity index (χ4v) is 4.72. The smallest absolute Gasteiger partial charge is 0.220 e. The Labute approximate surface area is 195 Å². The standard InChI is InChI=1S/C24H32N2O6S/c1-30-14-13-26-23(27)10-5-3-4-7-20-19-15-17(16-33(25,28)29)11-12-18(19)24-21(31-2)8-6-9-22(24)32-20/h6,8-9,11-12,15,20H,3-5,7,10,13-14,16H2,1-2H3,(H,26,27)(H2,25,28,29). The summed E-state index contributed by atoms with van der Waals surface area (Å²) < 4.78 is 40.0. The van der Waals surface area contributed by atoms with Gasteiger partial charge in [0.1, 0.15) is 17.6 Å². The third-order valence-electron chi connectivity index (χ3n) is 5.58. The van der Waals surface area contributed by atoms with Crippen LogP contribution in [0.1, 0.15) is 49.3 Å². The first-order chi connectivity index (χ1) is 15.8. The number of carbonyl (C=O) groups is 1. The van der Waals surface area contributed by atoms with Crippen molar-refractivity contribution in [2.45, 2.75) is 44.0 Å². The molecule has 0 spiro atoms. The second-order valence-corrected chi connectivity index (χ2v) is 9.73. The minimum absolute atomic E-state index is 0.0278. The molecule has 1 unspecified atom stereocenters. The molecule has 9 heteroatoms. The lowest BCUT2D eigenvalue weighted by atomic mass is 9.89. The number of ether oxygens (including phenoxy) is 3. The van der Waals surface area contributed by atoms with Crippen LogP contribution in [0, 0.1) is 0 Å². The second kappa shape index (κ2) is 11.5. The second-order valence-electron chi connectivity index (χ2n) is 8.11. The molecule has 0 radical (unpaired) electrons. The molecule has 2 aromatic rings. The zero-order valence-corrected chi connectivity index (χ0v) is 19.9. The summed E-state index contributed by atoms with van der Waals surface area (Å²) in [5, 5.41) is 8.08. The molecule has 1 aliphatic heterocycles. The number of unbranched alkanes of at least 4 members (excludes halogenated alkanes) is 2. The molecule has 3 rings (SSSR count). The minimum atomic E-state index is -3.65. The van der Waals surface area contributed by atoms with Crippen molar-refractivity contribution in [3.63, 3.8) is 0 Å². The Kier molecular flexibility index (Phi) is 8.71. The molecule has 0 fully saturated rings. The quantitative estimate of drug-likeness (QED) is 0.454. The van der Waals surface area contributed by atoms with Crippen LogP contribution in [0.3, 0.4) is 0 Å². The van der Waals surface area contributed by atoms with Gasteiger partial charge in [-0.15, -0.1) is 0 Å². The van der Waals surface area contributed by atoms with E-state index in [2.05, 4.69) is 5.32 Å². The van der Waals surface area contributed by atoms with Gasteiger partial charge in [0, 0.05) is 25.6 Å². The Morgan fingerprint density at radius 3 is 2.70 bits per heavy atom. The Bertz CT molecular complexity index is 1070. The van der Waals surface area contributed by atoms with E-state index in [1.807, 2.05) is 30.3 Å². The van der Waals surface area contributed by atoms with Gasteiger partial charge in [-0.2, -0.15) is 0 Å². The molecule has 1 atom stereocenters. The third kappa shape index (κ3) is 6.93. The van der Waals surface area contributed by atoms with E-state index in [4.69, 9.17) is 19.3 Å². The van der Waals surface area contributed by atoms with Gasteiger partial charge in [-0.25, -0.2) is 13.6 Å². The SMILES string of the molecule is COCCNC(=O)CCCCCC1Oc2cccc(OC)c2-c2ccc(CS(N)(=O)=O)cc21. The fraction of sp³-hybridized carbons (Fsp3) is 0.458. The molecule has 0 aromatic heterocycles. The average molecular weight is 477 g/mol. The number of nitrogens with two attached hydrogens (primary N) is 1. The molecule has 180 valence electrons. The molecule has 0 bridgehead atoms. The van der Waals surface area contributed by atoms with Crippen LogP contribution >= 0.6 is 0 Å². The first-order valence-electron chi connectivity index (χ1n) is 11.1. The molecule has 2 aromatic carbocycles. The summed E-state index contributed by atoms with van der Waals surface area (Å²) in [5.41, 5.74) is 3.37. The van der Waals surface area contributed by atoms with Crippen LogP contribution in [-0.2, 0) is 25.3 Å². The molecule has 0 saturated carbocycles. The predicted molar refractivity (Wildman–Crippen MR) is 127 cm³/mol.